The fraction of sp³-hybridized carbons (Fsp3) is 0.444. The molecule has 1 saturated carbocycles. The number of hydrogen-bond acceptors (Lipinski definition) is 5. The molecule has 0 aromatic carbocycles. The Morgan fingerprint density at radius 3 is 2.53 bits per heavy atom. The number of halogens is 6. The molecule has 3 aromatic rings. The van der Waals surface area contributed by atoms with Crippen LogP contribution in [-0.4, -0.2) is 54.8 Å². The van der Waals surface area contributed by atoms with Crippen LogP contribution in [0.3, 0.4) is 0 Å². The molecule has 3 aromatic heterocycles. The third-order valence-electron chi connectivity index (χ3n) is 5.20. The van der Waals surface area contributed by atoms with E-state index in [4.69, 9.17) is 11.6 Å². The summed E-state index contributed by atoms with van der Waals surface area (Å²) in [6, 6.07) is 1.75. The number of nitrogens with zero attached hydrogens (tertiary/aromatic N) is 6. The van der Waals surface area contributed by atoms with Crippen molar-refractivity contribution in [1.29, 1.82) is 0 Å². The number of aromatic nitrogens is 5. The highest BCUT2D eigenvalue weighted by Gasteiger charge is 2.61. The van der Waals surface area contributed by atoms with Gasteiger partial charge in [-0.15, -0.1) is 16.4 Å². The molecule has 7 nitrogen and oxygen atoms in total. The first-order valence-corrected chi connectivity index (χ1v) is 10.5. The second-order valence-electron chi connectivity index (χ2n) is 7.49. The van der Waals surface area contributed by atoms with Crippen molar-refractivity contribution in [1.82, 2.24) is 29.7 Å². The van der Waals surface area contributed by atoms with Crippen molar-refractivity contribution in [2.75, 3.05) is 7.05 Å². The summed E-state index contributed by atoms with van der Waals surface area (Å²) < 4.78 is 68.3. The van der Waals surface area contributed by atoms with E-state index in [9.17, 15) is 26.7 Å². The molecule has 0 aliphatic heterocycles. The van der Waals surface area contributed by atoms with Gasteiger partial charge >= 0.3 is 12.1 Å². The minimum Gasteiger partial charge on any atom is -0.339 e. The molecule has 1 fully saturated rings. The highest BCUT2D eigenvalue weighted by atomic mass is 35.5. The zero-order chi connectivity index (χ0) is 23.6. The smallest absolute Gasteiger partial charge is 0.339 e. The van der Waals surface area contributed by atoms with E-state index in [1.807, 2.05) is 0 Å². The van der Waals surface area contributed by atoms with Crippen LogP contribution in [0.4, 0.5) is 22.0 Å². The Morgan fingerprint density at radius 2 is 1.94 bits per heavy atom. The van der Waals surface area contributed by atoms with Gasteiger partial charge in [0.05, 0.1) is 16.6 Å². The van der Waals surface area contributed by atoms with Gasteiger partial charge in [0.1, 0.15) is 15.7 Å². The standard InChI is InChI=1S/C18H16ClF5N6OS/c1-8-13(17(20,21)18(22,23)24)26-29(3)15(8)30-7-11(25-27-30)12-6-10(14(19)32-12)16(31)28(2)9-4-5-9/h6-7,9H,4-5H2,1-3H3. The van der Waals surface area contributed by atoms with E-state index >= 15 is 0 Å². The van der Waals surface area contributed by atoms with Gasteiger partial charge in [-0.05, 0) is 25.8 Å². The van der Waals surface area contributed by atoms with Gasteiger partial charge in [0.15, 0.2) is 5.82 Å². The zero-order valence-corrected chi connectivity index (χ0v) is 18.5. The SMILES string of the molecule is Cc1c(C(F)(F)C(F)(F)F)nn(C)c1-n1cc(-c2cc(C(=O)N(C)C3CC3)c(Cl)s2)nn1. The monoisotopic (exact) mass is 494 g/mol. The van der Waals surface area contributed by atoms with E-state index in [1.54, 1.807) is 18.0 Å². The van der Waals surface area contributed by atoms with Gasteiger partial charge in [0, 0.05) is 25.7 Å². The second-order valence-corrected chi connectivity index (χ2v) is 9.14. The van der Waals surface area contributed by atoms with E-state index in [1.165, 1.54) is 13.2 Å². The number of aryl methyl sites for hydroxylation is 1. The van der Waals surface area contributed by atoms with Crippen molar-refractivity contribution >= 4 is 28.8 Å². The molecule has 0 spiro atoms. The number of carbonyl (C=O) groups is 1. The molecule has 0 N–H and O–H groups in total. The summed E-state index contributed by atoms with van der Waals surface area (Å²) >= 11 is 7.33. The maximum atomic E-state index is 13.9. The topological polar surface area (TPSA) is 68.8 Å². The molecule has 32 heavy (non-hydrogen) atoms. The van der Waals surface area contributed by atoms with Crippen LogP contribution < -0.4 is 0 Å². The Morgan fingerprint density at radius 1 is 1.28 bits per heavy atom. The van der Waals surface area contributed by atoms with E-state index in [0.717, 1.165) is 40.5 Å². The molecule has 0 radical (unpaired) electrons. The van der Waals surface area contributed by atoms with Crippen molar-refractivity contribution in [3.63, 3.8) is 0 Å². The van der Waals surface area contributed by atoms with Gasteiger partial charge in [-0.1, -0.05) is 16.8 Å². The van der Waals surface area contributed by atoms with Crippen molar-refractivity contribution in [2.24, 2.45) is 7.05 Å². The number of alkyl halides is 5. The van der Waals surface area contributed by atoms with Gasteiger partial charge < -0.3 is 4.90 Å². The van der Waals surface area contributed by atoms with Crippen LogP contribution in [0.15, 0.2) is 12.3 Å². The van der Waals surface area contributed by atoms with E-state index < -0.39 is 23.4 Å². The molecule has 1 aliphatic rings. The van der Waals surface area contributed by atoms with Gasteiger partial charge in [-0.25, -0.2) is 4.68 Å². The van der Waals surface area contributed by atoms with Crippen LogP contribution >= 0.6 is 22.9 Å². The Balaban J connectivity index is 1.67. The first-order chi connectivity index (χ1) is 14.8. The summed E-state index contributed by atoms with van der Waals surface area (Å²) in [6.45, 7) is 1.10. The molecule has 0 saturated heterocycles. The maximum Gasteiger partial charge on any atom is 0.459 e. The Bertz CT molecular complexity index is 1200. The molecule has 4 rings (SSSR count). The molecule has 172 valence electrons. The van der Waals surface area contributed by atoms with E-state index in [2.05, 4.69) is 15.4 Å². The molecule has 1 amide bonds. The highest BCUT2D eigenvalue weighted by molar-refractivity contribution is 7.19. The van der Waals surface area contributed by atoms with Gasteiger partial charge in [0.2, 0.25) is 0 Å². The highest BCUT2D eigenvalue weighted by Crippen LogP contribution is 2.45. The van der Waals surface area contributed by atoms with Crippen LogP contribution in [0.1, 0.15) is 34.5 Å². The summed E-state index contributed by atoms with van der Waals surface area (Å²) in [4.78, 5) is 14.7. The average Bonchev–Trinajstić information content (AvgIpc) is 3.19. The molecule has 0 unspecified atom stereocenters. The lowest BCUT2D eigenvalue weighted by Gasteiger charge is -2.17. The molecular weight excluding hydrogens is 479 g/mol. The average molecular weight is 495 g/mol. The number of thiophene rings is 1. The molecular formula is C18H16ClF5N6OS. The lowest BCUT2D eigenvalue weighted by molar-refractivity contribution is -0.291. The Hall–Kier alpha value is -2.54. The summed E-state index contributed by atoms with van der Waals surface area (Å²) in [7, 11) is 2.93. The Kier molecular flexibility index (Phi) is 5.31. The number of hydrogen-bond donors (Lipinski definition) is 0. The summed E-state index contributed by atoms with van der Waals surface area (Å²) in [6.07, 6.45) is -2.57. The van der Waals surface area contributed by atoms with Gasteiger partial charge in [-0.3, -0.25) is 9.48 Å². The molecule has 0 bridgehead atoms. The minimum absolute atomic E-state index is 0.102. The van der Waals surface area contributed by atoms with Crippen molar-refractivity contribution in [3.8, 4) is 16.4 Å². The second kappa shape index (κ2) is 7.51. The predicted molar refractivity (Wildman–Crippen MR) is 106 cm³/mol. The first kappa shape index (κ1) is 22.6. The zero-order valence-electron chi connectivity index (χ0n) is 16.9. The van der Waals surface area contributed by atoms with Crippen LogP contribution in [0.25, 0.3) is 16.4 Å². The summed E-state index contributed by atoms with van der Waals surface area (Å²) in [5.41, 5.74) is -1.22. The minimum atomic E-state index is -5.79. The predicted octanol–water partition coefficient (Wildman–Crippen LogP) is 4.58. The Labute approximate surface area is 187 Å². The first-order valence-electron chi connectivity index (χ1n) is 9.31. The third kappa shape index (κ3) is 3.66. The number of carbonyl (C=O) groups excluding carboxylic acids is 1. The largest absolute Gasteiger partial charge is 0.459 e. The van der Waals surface area contributed by atoms with Gasteiger partial charge in [0.25, 0.3) is 5.91 Å². The van der Waals surface area contributed by atoms with Crippen LogP contribution in [-0.2, 0) is 13.0 Å². The van der Waals surface area contributed by atoms with Crippen LogP contribution in [0, 0.1) is 6.92 Å². The molecule has 14 heteroatoms. The maximum absolute atomic E-state index is 13.9. The van der Waals surface area contributed by atoms with Gasteiger partial charge in [-0.2, -0.15) is 27.1 Å². The lowest BCUT2D eigenvalue weighted by Crippen LogP contribution is -2.34. The van der Waals surface area contributed by atoms with E-state index in [0.29, 0.717) is 10.4 Å². The molecule has 1 aliphatic carbocycles. The van der Waals surface area contributed by atoms with Crippen LogP contribution in [0.2, 0.25) is 4.34 Å². The number of amides is 1. The molecule has 0 atom stereocenters. The molecule has 3 heterocycles. The van der Waals surface area contributed by atoms with Crippen molar-refractivity contribution in [3.05, 3.63) is 33.4 Å². The lowest BCUT2D eigenvalue weighted by atomic mass is 10.1. The summed E-state index contributed by atoms with van der Waals surface area (Å²) in [5, 5.41) is 11.2. The van der Waals surface area contributed by atoms with Crippen LogP contribution in [0.5, 0.6) is 0 Å². The summed E-state index contributed by atoms with van der Waals surface area (Å²) in [5.74, 6) is -5.45. The van der Waals surface area contributed by atoms with E-state index in [-0.39, 0.29) is 27.8 Å². The number of rotatable bonds is 5. The third-order valence-corrected chi connectivity index (χ3v) is 6.58. The fourth-order valence-electron chi connectivity index (χ4n) is 3.31. The normalized spacial score (nSPS) is 14.8. The van der Waals surface area contributed by atoms with Crippen molar-refractivity contribution < 1.29 is 26.7 Å². The fourth-order valence-corrected chi connectivity index (χ4v) is 4.52. The van der Waals surface area contributed by atoms with Crippen molar-refractivity contribution in [2.45, 2.75) is 37.9 Å². The quantitative estimate of drug-likeness (QED) is 0.487.